The maximum atomic E-state index is 13.4. The third-order valence-electron chi connectivity index (χ3n) is 3.24. The monoisotopic (exact) mass is 327 g/mol. The van der Waals surface area contributed by atoms with E-state index in [-0.39, 0.29) is 17.8 Å². The van der Waals surface area contributed by atoms with Crippen molar-refractivity contribution < 1.29 is 23.1 Å². The average molecular weight is 327 g/mol. The molecule has 0 aliphatic heterocycles. The van der Waals surface area contributed by atoms with Gasteiger partial charge in [0, 0.05) is 12.1 Å². The van der Waals surface area contributed by atoms with E-state index in [9.17, 15) is 23.1 Å². The average Bonchev–Trinajstić information content (AvgIpc) is 2.86. The van der Waals surface area contributed by atoms with E-state index in [1.807, 2.05) is 0 Å². The van der Waals surface area contributed by atoms with Crippen molar-refractivity contribution in [1.29, 1.82) is 0 Å². The number of nitrogens with zero attached hydrogens (tertiary/aromatic N) is 3. The molecule has 0 fully saturated rings. The first-order chi connectivity index (χ1) is 10.7. The Morgan fingerprint density at radius 3 is 2.35 bits per heavy atom. The van der Waals surface area contributed by atoms with Crippen LogP contribution in [0.3, 0.4) is 0 Å². The van der Waals surface area contributed by atoms with Crippen LogP contribution >= 0.6 is 0 Å². The van der Waals surface area contributed by atoms with Crippen LogP contribution in [-0.2, 0) is 12.7 Å². The number of carbonyl (C=O) groups is 1. The first-order valence-corrected chi connectivity index (χ1v) is 6.83. The highest BCUT2D eigenvalue weighted by atomic mass is 19.4. The number of hydrogen-bond donors (Lipinski definition) is 1. The van der Waals surface area contributed by atoms with Crippen molar-refractivity contribution in [1.82, 2.24) is 14.7 Å². The molecule has 124 valence electrons. The van der Waals surface area contributed by atoms with E-state index in [4.69, 9.17) is 0 Å². The van der Waals surface area contributed by atoms with E-state index < -0.39 is 23.4 Å². The SMILES string of the molecule is CN(C)CCn1nc(-c2ccccc2)c(C(F)(F)F)c1C(=O)O. The highest BCUT2D eigenvalue weighted by Gasteiger charge is 2.42. The number of benzene rings is 1. The molecule has 0 saturated heterocycles. The molecule has 1 N–H and O–H groups in total. The molecule has 0 atom stereocenters. The van der Waals surface area contributed by atoms with Gasteiger partial charge in [0.05, 0.1) is 6.54 Å². The number of aromatic carboxylic acids is 1. The molecule has 0 radical (unpaired) electrons. The van der Waals surface area contributed by atoms with Gasteiger partial charge < -0.3 is 10.0 Å². The zero-order valence-electron chi connectivity index (χ0n) is 12.6. The van der Waals surface area contributed by atoms with Crippen LogP contribution in [0.2, 0.25) is 0 Å². The maximum absolute atomic E-state index is 13.4. The van der Waals surface area contributed by atoms with Crippen molar-refractivity contribution in [3.05, 3.63) is 41.6 Å². The van der Waals surface area contributed by atoms with E-state index in [1.165, 1.54) is 12.1 Å². The second kappa shape index (κ2) is 6.41. The van der Waals surface area contributed by atoms with Crippen molar-refractivity contribution in [2.75, 3.05) is 20.6 Å². The minimum atomic E-state index is -4.81. The predicted octanol–water partition coefficient (Wildman–Crippen LogP) is 2.83. The maximum Gasteiger partial charge on any atom is 0.420 e. The summed E-state index contributed by atoms with van der Waals surface area (Å²) in [5.74, 6) is -1.65. The molecular weight excluding hydrogens is 311 g/mol. The van der Waals surface area contributed by atoms with Crippen LogP contribution in [0, 0.1) is 0 Å². The fraction of sp³-hybridized carbons (Fsp3) is 0.333. The Bertz CT molecular complexity index is 694. The molecular formula is C15H16F3N3O2. The molecule has 0 aliphatic carbocycles. The molecule has 0 bridgehead atoms. The molecule has 0 saturated carbocycles. The van der Waals surface area contributed by atoms with Gasteiger partial charge in [-0.2, -0.15) is 18.3 Å². The second-order valence-corrected chi connectivity index (χ2v) is 5.27. The Balaban J connectivity index is 2.66. The van der Waals surface area contributed by atoms with Gasteiger partial charge >= 0.3 is 12.1 Å². The van der Waals surface area contributed by atoms with Gasteiger partial charge in [-0.3, -0.25) is 4.68 Å². The Kier molecular flexibility index (Phi) is 4.74. The lowest BCUT2D eigenvalue weighted by molar-refractivity contribution is -0.137. The smallest absolute Gasteiger partial charge is 0.420 e. The van der Waals surface area contributed by atoms with Crippen LogP contribution in [0.1, 0.15) is 16.1 Å². The molecule has 0 unspecified atom stereocenters. The van der Waals surface area contributed by atoms with Crippen molar-refractivity contribution in [3.63, 3.8) is 0 Å². The molecule has 5 nitrogen and oxygen atoms in total. The molecule has 0 amide bonds. The van der Waals surface area contributed by atoms with Crippen LogP contribution in [0.5, 0.6) is 0 Å². The van der Waals surface area contributed by atoms with Gasteiger partial charge in [-0.25, -0.2) is 4.79 Å². The lowest BCUT2D eigenvalue weighted by Crippen LogP contribution is -2.22. The minimum Gasteiger partial charge on any atom is -0.477 e. The summed E-state index contributed by atoms with van der Waals surface area (Å²) in [7, 11) is 3.49. The minimum absolute atomic E-state index is 0.0462. The van der Waals surface area contributed by atoms with Crippen molar-refractivity contribution in [3.8, 4) is 11.3 Å². The number of alkyl halides is 3. The summed E-state index contributed by atoms with van der Waals surface area (Å²) in [6.07, 6.45) is -4.81. The first kappa shape index (κ1) is 17.0. The number of hydrogen-bond acceptors (Lipinski definition) is 3. The van der Waals surface area contributed by atoms with Crippen LogP contribution in [0.4, 0.5) is 13.2 Å². The number of likely N-dealkylation sites (N-methyl/N-ethyl adjacent to an activating group) is 1. The molecule has 23 heavy (non-hydrogen) atoms. The molecule has 1 heterocycles. The van der Waals surface area contributed by atoms with E-state index in [2.05, 4.69) is 5.10 Å². The highest BCUT2D eigenvalue weighted by molar-refractivity contribution is 5.90. The van der Waals surface area contributed by atoms with Gasteiger partial charge in [0.15, 0.2) is 5.69 Å². The van der Waals surface area contributed by atoms with Crippen molar-refractivity contribution in [2.45, 2.75) is 12.7 Å². The molecule has 2 aromatic rings. The Labute approximate surface area is 130 Å². The summed E-state index contributed by atoms with van der Waals surface area (Å²) in [6.45, 7) is 0.415. The number of aromatic nitrogens is 2. The number of rotatable bonds is 5. The third kappa shape index (κ3) is 3.70. The van der Waals surface area contributed by atoms with Crippen LogP contribution in [0.15, 0.2) is 30.3 Å². The summed E-state index contributed by atoms with van der Waals surface area (Å²) < 4.78 is 41.2. The van der Waals surface area contributed by atoms with Crippen molar-refractivity contribution in [2.24, 2.45) is 0 Å². The lowest BCUT2D eigenvalue weighted by atomic mass is 10.1. The van der Waals surface area contributed by atoms with Crippen LogP contribution < -0.4 is 0 Å². The summed E-state index contributed by atoms with van der Waals surface area (Å²) in [6, 6.07) is 7.76. The summed E-state index contributed by atoms with van der Waals surface area (Å²) in [5, 5.41) is 13.2. The zero-order chi connectivity index (χ0) is 17.2. The van der Waals surface area contributed by atoms with E-state index in [1.54, 1.807) is 37.2 Å². The highest BCUT2D eigenvalue weighted by Crippen LogP contribution is 2.39. The van der Waals surface area contributed by atoms with Gasteiger partial charge in [0.2, 0.25) is 0 Å². The first-order valence-electron chi connectivity index (χ1n) is 6.83. The quantitative estimate of drug-likeness (QED) is 0.917. The van der Waals surface area contributed by atoms with E-state index in [0.29, 0.717) is 6.54 Å². The summed E-state index contributed by atoms with van der Waals surface area (Å²) >= 11 is 0. The molecule has 2 rings (SSSR count). The van der Waals surface area contributed by atoms with Gasteiger partial charge in [-0.1, -0.05) is 30.3 Å². The topological polar surface area (TPSA) is 58.4 Å². The largest absolute Gasteiger partial charge is 0.477 e. The van der Waals surface area contributed by atoms with Gasteiger partial charge in [-0.15, -0.1) is 0 Å². The Hall–Kier alpha value is -2.35. The van der Waals surface area contributed by atoms with E-state index >= 15 is 0 Å². The zero-order valence-corrected chi connectivity index (χ0v) is 12.6. The number of carboxylic acid groups (broad SMARTS) is 1. The van der Waals surface area contributed by atoms with Crippen LogP contribution in [0.25, 0.3) is 11.3 Å². The number of carboxylic acids is 1. The number of halogens is 3. The standard InChI is InChI=1S/C15H16F3N3O2/c1-20(2)8-9-21-13(14(22)23)11(15(16,17)18)12(19-21)10-6-4-3-5-7-10/h3-7H,8-9H2,1-2H3,(H,22,23). The normalized spacial score (nSPS) is 11.9. The Morgan fingerprint density at radius 2 is 1.87 bits per heavy atom. The second-order valence-electron chi connectivity index (χ2n) is 5.27. The Morgan fingerprint density at radius 1 is 1.26 bits per heavy atom. The molecule has 1 aromatic carbocycles. The summed E-state index contributed by atoms with van der Waals surface area (Å²) in [4.78, 5) is 13.1. The summed E-state index contributed by atoms with van der Waals surface area (Å²) in [5.41, 5.74) is -2.19. The van der Waals surface area contributed by atoms with E-state index in [0.717, 1.165) is 4.68 Å². The molecule has 0 spiro atoms. The third-order valence-corrected chi connectivity index (χ3v) is 3.24. The van der Waals surface area contributed by atoms with Crippen LogP contribution in [-0.4, -0.2) is 46.4 Å². The molecule has 8 heteroatoms. The predicted molar refractivity (Wildman–Crippen MR) is 78.2 cm³/mol. The fourth-order valence-electron chi connectivity index (χ4n) is 2.20. The van der Waals surface area contributed by atoms with Gasteiger partial charge in [0.25, 0.3) is 0 Å². The fourth-order valence-corrected chi connectivity index (χ4v) is 2.20. The molecule has 1 aromatic heterocycles. The van der Waals surface area contributed by atoms with Gasteiger partial charge in [-0.05, 0) is 14.1 Å². The van der Waals surface area contributed by atoms with Crippen molar-refractivity contribution >= 4 is 5.97 Å². The lowest BCUT2D eigenvalue weighted by Gasteiger charge is -2.11. The molecule has 0 aliphatic rings. The van der Waals surface area contributed by atoms with Gasteiger partial charge in [0.1, 0.15) is 11.3 Å².